The fourth-order valence-electron chi connectivity index (χ4n) is 1.90. The molecule has 0 radical (unpaired) electrons. The maximum absolute atomic E-state index is 11.6. The van der Waals surface area contributed by atoms with Gasteiger partial charge in [0.2, 0.25) is 0 Å². The molecule has 20 heavy (non-hydrogen) atoms. The standard InChI is InChI=1S/C12H17N3O4S/c16-11(17)9-7-20-10(15-9)3-4-13-12(18)14-8-2-1-5-19-6-8/h7-8H,1-6H2,(H,16,17)(H2,13,14,18). The summed E-state index contributed by atoms with van der Waals surface area (Å²) in [5.74, 6) is -1.03. The van der Waals surface area contributed by atoms with E-state index in [0.29, 0.717) is 24.6 Å². The zero-order chi connectivity index (χ0) is 14.4. The van der Waals surface area contributed by atoms with Gasteiger partial charge >= 0.3 is 12.0 Å². The number of amides is 2. The molecule has 8 heteroatoms. The van der Waals surface area contributed by atoms with Crippen molar-refractivity contribution in [3.8, 4) is 0 Å². The fraction of sp³-hybridized carbons (Fsp3) is 0.583. The molecule has 2 heterocycles. The highest BCUT2D eigenvalue weighted by Crippen LogP contribution is 2.10. The van der Waals surface area contributed by atoms with Crippen molar-refractivity contribution < 1.29 is 19.4 Å². The van der Waals surface area contributed by atoms with Crippen molar-refractivity contribution in [1.82, 2.24) is 15.6 Å². The number of nitrogens with one attached hydrogen (secondary N) is 2. The summed E-state index contributed by atoms with van der Waals surface area (Å²) in [5.41, 5.74) is 0.0498. The number of aromatic nitrogens is 1. The largest absolute Gasteiger partial charge is 0.476 e. The van der Waals surface area contributed by atoms with E-state index in [1.165, 1.54) is 16.7 Å². The first-order chi connectivity index (χ1) is 9.65. The molecule has 1 saturated heterocycles. The molecular weight excluding hydrogens is 282 g/mol. The number of carboxylic acids is 1. The van der Waals surface area contributed by atoms with Gasteiger partial charge < -0.3 is 20.5 Å². The fourth-order valence-corrected chi connectivity index (χ4v) is 2.67. The van der Waals surface area contributed by atoms with Gasteiger partial charge in [-0.15, -0.1) is 11.3 Å². The zero-order valence-electron chi connectivity index (χ0n) is 10.9. The lowest BCUT2D eigenvalue weighted by Crippen LogP contribution is -2.46. The number of hydrogen-bond donors (Lipinski definition) is 3. The number of carbonyl (C=O) groups excluding carboxylic acids is 1. The molecule has 1 unspecified atom stereocenters. The van der Waals surface area contributed by atoms with Crippen LogP contribution in [0.3, 0.4) is 0 Å². The van der Waals surface area contributed by atoms with Crippen LogP contribution in [0.2, 0.25) is 0 Å². The lowest BCUT2D eigenvalue weighted by atomic mass is 10.1. The van der Waals surface area contributed by atoms with Crippen molar-refractivity contribution in [2.45, 2.75) is 25.3 Å². The highest BCUT2D eigenvalue weighted by Gasteiger charge is 2.15. The van der Waals surface area contributed by atoms with Crippen LogP contribution in [0.4, 0.5) is 4.79 Å². The van der Waals surface area contributed by atoms with Gasteiger partial charge in [-0.05, 0) is 12.8 Å². The second-order valence-corrected chi connectivity index (χ2v) is 5.44. The molecule has 1 fully saturated rings. The molecule has 2 rings (SSSR count). The summed E-state index contributed by atoms with van der Waals surface area (Å²) in [7, 11) is 0. The van der Waals surface area contributed by atoms with E-state index in [4.69, 9.17) is 9.84 Å². The molecule has 2 amide bonds. The first-order valence-electron chi connectivity index (χ1n) is 6.45. The molecule has 0 aliphatic carbocycles. The van der Waals surface area contributed by atoms with Crippen molar-refractivity contribution in [3.05, 3.63) is 16.1 Å². The molecule has 0 spiro atoms. The highest BCUT2D eigenvalue weighted by molar-refractivity contribution is 7.09. The van der Waals surface area contributed by atoms with Crippen LogP contribution in [0.15, 0.2) is 5.38 Å². The molecule has 7 nitrogen and oxygen atoms in total. The topological polar surface area (TPSA) is 101 Å². The Morgan fingerprint density at radius 1 is 1.55 bits per heavy atom. The lowest BCUT2D eigenvalue weighted by Gasteiger charge is -2.23. The number of carboxylic acid groups (broad SMARTS) is 1. The first kappa shape index (κ1) is 14.7. The summed E-state index contributed by atoms with van der Waals surface area (Å²) in [5, 5.41) is 16.5. The second kappa shape index (κ2) is 7.20. The first-order valence-corrected chi connectivity index (χ1v) is 7.33. The third-order valence-electron chi connectivity index (χ3n) is 2.89. The molecule has 1 aromatic heterocycles. The van der Waals surface area contributed by atoms with Gasteiger partial charge in [0.1, 0.15) is 0 Å². The van der Waals surface area contributed by atoms with Crippen LogP contribution >= 0.6 is 11.3 Å². The van der Waals surface area contributed by atoms with Crippen LogP contribution in [-0.2, 0) is 11.2 Å². The molecule has 1 aliphatic heterocycles. The molecule has 1 aromatic rings. The Morgan fingerprint density at radius 3 is 3.05 bits per heavy atom. The van der Waals surface area contributed by atoms with E-state index in [1.807, 2.05) is 0 Å². The van der Waals surface area contributed by atoms with Crippen molar-refractivity contribution in [3.63, 3.8) is 0 Å². The van der Waals surface area contributed by atoms with Gasteiger partial charge in [-0.2, -0.15) is 0 Å². The summed E-state index contributed by atoms with van der Waals surface area (Å²) in [4.78, 5) is 26.2. The van der Waals surface area contributed by atoms with Crippen LogP contribution in [-0.4, -0.2) is 47.9 Å². The SMILES string of the molecule is O=C(NCCc1nc(C(=O)O)cs1)NC1CCCOC1. The van der Waals surface area contributed by atoms with Gasteiger partial charge in [0.15, 0.2) is 5.69 Å². The third kappa shape index (κ3) is 4.46. The number of nitrogens with zero attached hydrogens (tertiary/aromatic N) is 1. The van der Waals surface area contributed by atoms with Crippen molar-refractivity contribution in [2.24, 2.45) is 0 Å². The molecule has 0 saturated carbocycles. The predicted molar refractivity (Wildman–Crippen MR) is 73.2 cm³/mol. The molecule has 1 atom stereocenters. The number of rotatable bonds is 5. The number of urea groups is 1. The molecule has 1 aliphatic rings. The van der Waals surface area contributed by atoms with Crippen molar-refractivity contribution in [1.29, 1.82) is 0 Å². The van der Waals surface area contributed by atoms with Crippen molar-refractivity contribution >= 4 is 23.3 Å². The number of aromatic carboxylic acids is 1. The zero-order valence-corrected chi connectivity index (χ0v) is 11.7. The number of hydrogen-bond acceptors (Lipinski definition) is 5. The predicted octanol–water partition coefficient (Wildman–Crippen LogP) is 0.862. The molecule has 0 aromatic carbocycles. The third-order valence-corrected chi connectivity index (χ3v) is 3.80. The number of thiazole rings is 1. The smallest absolute Gasteiger partial charge is 0.355 e. The van der Waals surface area contributed by atoms with Gasteiger partial charge in [-0.3, -0.25) is 0 Å². The van der Waals surface area contributed by atoms with Crippen LogP contribution in [0.25, 0.3) is 0 Å². The second-order valence-electron chi connectivity index (χ2n) is 4.50. The van der Waals surface area contributed by atoms with E-state index in [9.17, 15) is 9.59 Å². The summed E-state index contributed by atoms with van der Waals surface area (Å²) in [6, 6.07) is -0.155. The maximum Gasteiger partial charge on any atom is 0.355 e. The van der Waals surface area contributed by atoms with Crippen LogP contribution in [0.1, 0.15) is 28.3 Å². The monoisotopic (exact) mass is 299 g/mol. The Morgan fingerprint density at radius 2 is 2.40 bits per heavy atom. The Bertz CT molecular complexity index is 471. The quantitative estimate of drug-likeness (QED) is 0.748. The van der Waals surface area contributed by atoms with Crippen LogP contribution in [0, 0.1) is 0 Å². The summed E-state index contributed by atoms with van der Waals surface area (Å²) in [6.07, 6.45) is 2.41. The molecule has 110 valence electrons. The minimum Gasteiger partial charge on any atom is -0.476 e. The van der Waals surface area contributed by atoms with E-state index < -0.39 is 5.97 Å². The van der Waals surface area contributed by atoms with Gasteiger partial charge in [0, 0.05) is 25.0 Å². The Hall–Kier alpha value is -1.67. The summed E-state index contributed by atoms with van der Waals surface area (Å²) < 4.78 is 5.28. The Kier molecular flexibility index (Phi) is 5.31. The average molecular weight is 299 g/mol. The van der Waals surface area contributed by atoms with E-state index in [2.05, 4.69) is 15.6 Å². The number of carbonyl (C=O) groups is 2. The van der Waals surface area contributed by atoms with Gasteiger partial charge in [-0.25, -0.2) is 14.6 Å². The minimum absolute atomic E-state index is 0.0498. The van der Waals surface area contributed by atoms with E-state index in [-0.39, 0.29) is 17.8 Å². The van der Waals surface area contributed by atoms with E-state index >= 15 is 0 Å². The molecular formula is C12H17N3O4S. The Balaban J connectivity index is 1.66. The lowest BCUT2D eigenvalue weighted by molar-refractivity contribution is 0.0691. The van der Waals surface area contributed by atoms with Crippen molar-refractivity contribution in [2.75, 3.05) is 19.8 Å². The van der Waals surface area contributed by atoms with Crippen LogP contribution in [0.5, 0.6) is 0 Å². The summed E-state index contributed by atoms with van der Waals surface area (Å²) in [6.45, 7) is 1.74. The van der Waals surface area contributed by atoms with Gasteiger partial charge in [0.05, 0.1) is 17.7 Å². The summed E-state index contributed by atoms with van der Waals surface area (Å²) >= 11 is 1.28. The normalized spacial score (nSPS) is 18.5. The highest BCUT2D eigenvalue weighted by atomic mass is 32.1. The van der Waals surface area contributed by atoms with Gasteiger partial charge in [-0.1, -0.05) is 0 Å². The van der Waals surface area contributed by atoms with Crippen LogP contribution < -0.4 is 10.6 Å². The number of ether oxygens (including phenoxy) is 1. The molecule has 3 N–H and O–H groups in total. The van der Waals surface area contributed by atoms with E-state index in [0.717, 1.165) is 19.4 Å². The minimum atomic E-state index is -1.03. The van der Waals surface area contributed by atoms with Gasteiger partial charge in [0.25, 0.3) is 0 Å². The Labute approximate surface area is 120 Å². The average Bonchev–Trinajstić information content (AvgIpc) is 2.89. The van der Waals surface area contributed by atoms with E-state index in [1.54, 1.807) is 0 Å². The molecule has 0 bridgehead atoms. The maximum atomic E-state index is 11.6.